The lowest BCUT2D eigenvalue weighted by atomic mass is 10.2. The summed E-state index contributed by atoms with van der Waals surface area (Å²) in [5, 5.41) is 1.21. The average molecular weight is 282 g/mol. The Hall–Kier alpha value is -1.92. The van der Waals surface area contributed by atoms with Crippen LogP contribution in [0.1, 0.15) is 0 Å². The quantitative estimate of drug-likeness (QED) is 0.846. The molecule has 1 unspecified atom stereocenters. The van der Waals surface area contributed by atoms with Gasteiger partial charge in [-0.3, -0.25) is 4.79 Å². The molecule has 100 valence electrons. The molecule has 2 aromatic rings. The fourth-order valence-electron chi connectivity index (χ4n) is 1.51. The lowest BCUT2D eigenvalue weighted by molar-refractivity contribution is -0.142. The fourth-order valence-corrected chi connectivity index (χ4v) is 1.68. The maximum atomic E-state index is 11.2. The second-order valence-electron chi connectivity index (χ2n) is 3.78. The third-order valence-electron chi connectivity index (χ3n) is 2.46. The fraction of sp³-hybridized carbons (Fsp3) is 0.250. The van der Waals surface area contributed by atoms with Crippen molar-refractivity contribution in [2.45, 2.75) is 6.04 Å². The third kappa shape index (κ3) is 3.10. The summed E-state index contributed by atoms with van der Waals surface area (Å²) in [7, 11) is 1.27. The molecule has 2 rings (SSSR count). The van der Waals surface area contributed by atoms with E-state index in [2.05, 4.69) is 14.7 Å². The van der Waals surface area contributed by atoms with Gasteiger partial charge in [-0.1, -0.05) is 11.6 Å². The van der Waals surface area contributed by atoms with Crippen molar-refractivity contribution in [2.24, 2.45) is 5.73 Å². The number of esters is 1. The van der Waals surface area contributed by atoms with Crippen molar-refractivity contribution in [3.63, 3.8) is 0 Å². The first-order chi connectivity index (χ1) is 9.11. The standard InChI is InChI=1S/C12H12ClN3O3/c1-18-12(17)9(14)5-19-11-8-4-7(13)2-3-10(8)15-6-16-11/h2-4,6,9H,5,14H2,1H3. The molecule has 0 saturated heterocycles. The zero-order valence-corrected chi connectivity index (χ0v) is 10.9. The van der Waals surface area contributed by atoms with Crippen molar-refractivity contribution in [1.29, 1.82) is 0 Å². The van der Waals surface area contributed by atoms with Crippen LogP contribution in [-0.4, -0.2) is 35.7 Å². The minimum absolute atomic E-state index is 0.0364. The molecular formula is C12H12ClN3O3. The van der Waals surface area contributed by atoms with E-state index in [0.717, 1.165) is 0 Å². The summed E-state index contributed by atoms with van der Waals surface area (Å²) in [6, 6.07) is 4.30. The summed E-state index contributed by atoms with van der Waals surface area (Å²) >= 11 is 5.92. The molecule has 0 radical (unpaired) electrons. The summed E-state index contributed by atoms with van der Waals surface area (Å²) in [6.07, 6.45) is 1.37. The van der Waals surface area contributed by atoms with Crippen molar-refractivity contribution < 1.29 is 14.3 Å². The summed E-state index contributed by atoms with van der Waals surface area (Å²) < 4.78 is 9.93. The largest absolute Gasteiger partial charge is 0.475 e. The number of benzene rings is 1. The summed E-state index contributed by atoms with van der Waals surface area (Å²) in [5.74, 6) is -0.219. The Bertz CT molecular complexity index is 606. The highest BCUT2D eigenvalue weighted by molar-refractivity contribution is 6.31. The second-order valence-corrected chi connectivity index (χ2v) is 4.22. The zero-order valence-electron chi connectivity index (χ0n) is 10.2. The number of aromatic nitrogens is 2. The molecule has 0 spiro atoms. The van der Waals surface area contributed by atoms with E-state index in [1.54, 1.807) is 18.2 Å². The topological polar surface area (TPSA) is 87.3 Å². The van der Waals surface area contributed by atoms with E-state index in [-0.39, 0.29) is 6.61 Å². The number of carbonyl (C=O) groups is 1. The Morgan fingerprint density at radius 3 is 3.00 bits per heavy atom. The number of methoxy groups -OCH3 is 1. The molecule has 0 saturated carbocycles. The molecule has 0 aliphatic heterocycles. The monoisotopic (exact) mass is 281 g/mol. The maximum Gasteiger partial charge on any atom is 0.326 e. The molecule has 0 fully saturated rings. The highest BCUT2D eigenvalue weighted by atomic mass is 35.5. The molecule has 0 amide bonds. The van der Waals surface area contributed by atoms with Crippen LogP contribution in [0, 0.1) is 0 Å². The van der Waals surface area contributed by atoms with Crippen LogP contribution in [0.25, 0.3) is 10.9 Å². The second kappa shape index (κ2) is 5.81. The number of hydrogen-bond acceptors (Lipinski definition) is 6. The molecule has 2 N–H and O–H groups in total. The number of halogens is 1. The summed E-state index contributed by atoms with van der Waals surface area (Å²) in [6.45, 7) is -0.0364. The Balaban J connectivity index is 2.21. The first-order valence-electron chi connectivity index (χ1n) is 5.48. The maximum absolute atomic E-state index is 11.2. The van der Waals surface area contributed by atoms with Gasteiger partial charge in [-0.05, 0) is 18.2 Å². The van der Waals surface area contributed by atoms with Gasteiger partial charge in [0.1, 0.15) is 19.0 Å². The van der Waals surface area contributed by atoms with Crippen LogP contribution < -0.4 is 10.5 Å². The highest BCUT2D eigenvalue weighted by Crippen LogP contribution is 2.24. The van der Waals surface area contributed by atoms with E-state index in [1.165, 1.54) is 13.4 Å². The normalized spacial score (nSPS) is 12.2. The number of nitrogens with two attached hydrogens (primary N) is 1. The molecular weight excluding hydrogens is 270 g/mol. The third-order valence-corrected chi connectivity index (χ3v) is 2.70. The van der Waals surface area contributed by atoms with Gasteiger partial charge in [0.15, 0.2) is 0 Å². The molecule has 1 heterocycles. The zero-order chi connectivity index (χ0) is 13.8. The molecule has 0 bridgehead atoms. The van der Waals surface area contributed by atoms with Crippen LogP contribution in [0.4, 0.5) is 0 Å². The lowest BCUT2D eigenvalue weighted by Crippen LogP contribution is -2.37. The molecule has 1 aromatic carbocycles. The molecule has 7 heteroatoms. The van der Waals surface area contributed by atoms with Gasteiger partial charge >= 0.3 is 5.97 Å². The van der Waals surface area contributed by atoms with Gasteiger partial charge in [0.2, 0.25) is 5.88 Å². The van der Waals surface area contributed by atoms with Gasteiger partial charge in [-0.2, -0.15) is 0 Å². The number of carbonyl (C=O) groups excluding carboxylic acids is 1. The van der Waals surface area contributed by atoms with Gasteiger partial charge in [-0.25, -0.2) is 9.97 Å². The van der Waals surface area contributed by atoms with Crippen LogP contribution in [0.15, 0.2) is 24.5 Å². The van der Waals surface area contributed by atoms with E-state index in [9.17, 15) is 4.79 Å². The number of ether oxygens (including phenoxy) is 2. The van der Waals surface area contributed by atoms with Crippen molar-refractivity contribution in [2.75, 3.05) is 13.7 Å². The van der Waals surface area contributed by atoms with Crippen molar-refractivity contribution in [3.8, 4) is 5.88 Å². The van der Waals surface area contributed by atoms with Gasteiger partial charge in [0.25, 0.3) is 0 Å². The summed E-state index contributed by atoms with van der Waals surface area (Å²) in [5.41, 5.74) is 6.28. The Morgan fingerprint density at radius 1 is 1.47 bits per heavy atom. The Morgan fingerprint density at radius 2 is 2.26 bits per heavy atom. The van der Waals surface area contributed by atoms with Crippen LogP contribution in [0.3, 0.4) is 0 Å². The first kappa shape index (κ1) is 13.5. The smallest absolute Gasteiger partial charge is 0.326 e. The van der Waals surface area contributed by atoms with E-state index in [1.807, 2.05) is 0 Å². The number of hydrogen-bond donors (Lipinski definition) is 1. The van der Waals surface area contributed by atoms with Gasteiger partial charge < -0.3 is 15.2 Å². The lowest BCUT2D eigenvalue weighted by Gasteiger charge is -2.11. The minimum atomic E-state index is -0.866. The number of fused-ring (bicyclic) bond motifs is 1. The Labute approximate surface area is 114 Å². The predicted molar refractivity (Wildman–Crippen MR) is 70.0 cm³/mol. The van der Waals surface area contributed by atoms with E-state index >= 15 is 0 Å². The first-order valence-corrected chi connectivity index (χ1v) is 5.86. The molecule has 0 aliphatic rings. The number of nitrogens with zero attached hydrogens (tertiary/aromatic N) is 2. The summed E-state index contributed by atoms with van der Waals surface area (Å²) in [4.78, 5) is 19.3. The van der Waals surface area contributed by atoms with E-state index in [0.29, 0.717) is 21.8 Å². The van der Waals surface area contributed by atoms with Gasteiger partial charge in [-0.15, -0.1) is 0 Å². The molecule has 6 nitrogen and oxygen atoms in total. The molecule has 1 aromatic heterocycles. The number of rotatable bonds is 4. The van der Waals surface area contributed by atoms with Crippen molar-refractivity contribution in [1.82, 2.24) is 9.97 Å². The van der Waals surface area contributed by atoms with E-state index in [4.69, 9.17) is 22.1 Å². The van der Waals surface area contributed by atoms with E-state index < -0.39 is 12.0 Å². The minimum Gasteiger partial charge on any atom is -0.475 e. The average Bonchev–Trinajstić information content (AvgIpc) is 2.43. The molecule has 19 heavy (non-hydrogen) atoms. The van der Waals surface area contributed by atoms with Crippen molar-refractivity contribution >= 4 is 28.5 Å². The SMILES string of the molecule is COC(=O)C(N)COc1ncnc2ccc(Cl)cc12. The highest BCUT2D eigenvalue weighted by Gasteiger charge is 2.15. The molecule has 0 aliphatic carbocycles. The Kier molecular flexibility index (Phi) is 4.13. The molecule has 1 atom stereocenters. The van der Waals surface area contributed by atoms with Crippen LogP contribution >= 0.6 is 11.6 Å². The van der Waals surface area contributed by atoms with Crippen LogP contribution in [-0.2, 0) is 9.53 Å². The van der Waals surface area contributed by atoms with Crippen LogP contribution in [0.2, 0.25) is 5.02 Å². The van der Waals surface area contributed by atoms with Crippen molar-refractivity contribution in [3.05, 3.63) is 29.5 Å². The van der Waals surface area contributed by atoms with Gasteiger partial charge in [0, 0.05) is 5.02 Å². The predicted octanol–water partition coefficient (Wildman–Crippen LogP) is 1.16. The van der Waals surface area contributed by atoms with Crippen LogP contribution in [0.5, 0.6) is 5.88 Å². The van der Waals surface area contributed by atoms with Gasteiger partial charge in [0.05, 0.1) is 18.0 Å².